The van der Waals surface area contributed by atoms with Crippen LogP contribution in [0.3, 0.4) is 0 Å². The van der Waals surface area contributed by atoms with Gasteiger partial charge in [0.1, 0.15) is 23.0 Å². The van der Waals surface area contributed by atoms with E-state index in [2.05, 4.69) is 15.2 Å². The molecular formula is C23H25Cl2F3N6O. The second-order valence-electron chi connectivity index (χ2n) is 8.76. The molecule has 5 rings (SSSR count). The molecule has 4 heterocycles. The van der Waals surface area contributed by atoms with Crippen LogP contribution in [0.5, 0.6) is 5.75 Å². The van der Waals surface area contributed by atoms with Crippen LogP contribution in [-0.4, -0.2) is 56.4 Å². The second-order valence-corrected chi connectivity index (χ2v) is 8.76. The van der Waals surface area contributed by atoms with E-state index in [1.165, 1.54) is 17.2 Å². The number of aromatic nitrogens is 4. The van der Waals surface area contributed by atoms with Crippen LogP contribution in [0.2, 0.25) is 0 Å². The first-order chi connectivity index (χ1) is 15.7. The minimum atomic E-state index is -4.46. The molecule has 0 saturated carbocycles. The van der Waals surface area contributed by atoms with E-state index >= 15 is 0 Å². The number of nitrogens with two attached hydrogens (primary N) is 1. The van der Waals surface area contributed by atoms with Crippen molar-refractivity contribution >= 4 is 41.4 Å². The normalized spacial score (nSPS) is 19.4. The van der Waals surface area contributed by atoms with Gasteiger partial charge in [-0.15, -0.1) is 35.0 Å². The van der Waals surface area contributed by atoms with Gasteiger partial charge in [0.2, 0.25) is 0 Å². The monoisotopic (exact) mass is 528 g/mol. The summed E-state index contributed by atoms with van der Waals surface area (Å²) in [6.45, 7) is 2.22. The summed E-state index contributed by atoms with van der Waals surface area (Å²) in [4.78, 5) is 6.05. The van der Waals surface area contributed by atoms with Crippen LogP contribution in [0.15, 0.2) is 48.7 Å². The zero-order valence-electron chi connectivity index (χ0n) is 19.0. The van der Waals surface area contributed by atoms with Crippen LogP contribution in [-0.2, 0) is 0 Å². The van der Waals surface area contributed by atoms with Gasteiger partial charge in [0.25, 0.3) is 0 Å². The molecule has 0 spiro atoms. The molecule has 4 aromatic rings. The average molecular weight is 529 g/mol. The van der Waals surface area contributed by atoms with Crippen LogP contribution in [0.4, 0.5) is 13.2 Å². The number of hydrogen-bond donors (Lipinski definition) is 1. The molecule has 12 heteroatoms. The summed E-state index contributed by atoms with van der Waals surface area (Å²) < 4.78 is 49.5. The maximum Gasteiger partial charge on any atom is 0.408 e. The summed E-state index contributed by atoms with van der Waals surface area (Å²) in [6, 6.07) is 10.4. The van der Waals surface area contributed by atoms with Crippen molar-refractivity contribution in [2.75, 3.05) is 20.2 Å². The molecule has 0 aliphatic carbocycles. The van der Waals surface area contributed by atoms with Crippen molar-refractivity contribution in [1.29, 1.82) is 0 Å². The molecule has 1 aromatic carbocycles. The summed E-state index contributed by atoms with van der Waals surface area (Å²) in [5, 5.41) is 9.21. The molecule has 188 valence electrons. The van der Waals surface area contributed by atoms with Crippen LogP contribution in [0.25, 0.3) is 28.1 Å². The predicted molar refractivity (Wildman–Crippen MR) is 132 cm³/mol. The number of alkyl halides is 3. The first kappa shape index (κ1) is 26.9. The Bertz CT molecular complexity index is 1340. The number of para-hydroxylation sites is 1. The van der Waals surface area contributed by atoms with Crippen molar-refractivity contribution in [3.05, 3.63) is 54.2 Å². The third-order valence-corrected chi connectivity index (χ3v) is 6.08. The molecule has 7 nitrogen and oxygen atoms in total. The Kier molecular flexibility index (Phi) is 7.52. The number of likely N-dealkylation sites (tertiary alicyclic amines) is 1. The highest BCUT2D eigenvalue weighted by Gasteiger charge is 2.48. The molecule has 0 amide bonds. The van der Waals surface area contributed by atoms with Crippen molar-refractivity contribution in [3.63, 3.8) is 0 Å². The second kappa shape index (κ2) is 9.77. The maximum absolute atomic E-state index is 14.2. The average Bonchev–Trinajstić information content (AvgIpc) is 3.34. The van der Waals surface area contributed by atoms with E-state index in [4.69, 9.17) is 10.5 Å². The van der Waals surface area contributed by atoms with E-state index in [-0.39, 0.29) is 43.5 Å². The topological polar surface area (TPSA) is 81.6 Å². The van der Waals surface area contributed by atoms with Crippen molar-refractivity contribution in [2.24, 2.45) is 5.73 Å². The van der Waals surface area contributed by atoms with Gasteiger partial charge in [-0.1, -0.05) is 24.3 Å². The van der Waals surface area contributed by atoms with Gasteiger partial charge in [0.05, 0.1) is 7.11 Å². The number of ether oxygens (including phenoxy) is 1. The quantitative estimate of drug-likeness (QED) is 0.408. The number of rotatable bonds is 4. The molecule has 0 bridgehead atoms. The van der Waals surface area contributed by atoms with Crippen molar-refractivity contribution in [3.8, 4) is 17.3 Å². The molecule has 0 unspecified atom stereocenters. The lowest BCUT2D eigenvalue weighted by atomic mass is 10.0. The number of nitrogens with zero attached hydrogens (tertiary/aromatic N) is 5. The molecule has 3 aromatic heterocycles. The fourth-order valence-electron chi connectivity index (χ4n) is 4.50. The number of fused-ring (bicyclic) bond motifs is 2. The number of halogens is 5. The van der Waals surface area contributed by atoms with Crippen LogP contribution >= 0.6 is 24.8 Å². The Hall–Kier alpha value is -2.66. The summed E-state index contributed by atoms with van der Waals surface area (Å²) in [5.41, 5.74) is 7.12. The molecule has 1 saturated heterocycles. The molecule has 1 fully saturated rings. The van der Waals surface area contributed by atoms with Gasteiger partial charge in [-0.3, -0.25) is 9.30 Å². The largest absolute Gasteiger partial charge is 0.494 e. The highest BCUT2D eigenvalue weighted by atomic mass is 35.5. The van der Waals surface area contributed by atoms with E-state index in [0.29, 0.717) is 34.9 Å². The lowest BCUT2D eigenvalue weighted by molar-refractivity contribution is -0.184. The van der Waals surface area contributed by atoms with Crippen molar-refractivity contribution < 1.29 is 17.9 Å². The fraction of sp³-hybridized carbons (Fsp3) is 0.348. The first-order valence-electron chi connectivity index (χ1n) is 10.5. The van der Waals surface area contributed by atoms with Crippen molar-refractivity contribution in [2.45, 2.75) is 31.1 Å². The van der Waals surface area contributed by atoms with Gasteiger partial charge >= 0.3 is 6.18 Å². The summed E-state index contributed by atoms with van der Waals surface area (Å²) in [7, 11) is 1.56. The van der Waals surface area contributed by atoms with Gasteiger partial charge in [-0.25, -0.2) is 4.98 Å². The molecule has 0 radical (unpaired) electrons. The molecule has 2 N–H and O–H groups in total. The molecule has 35 heavy (non-hydrogen) atoms. The van der Waals surface area contributed by atoms with Gasteiger partial charge in [-0.2, -0.15) is 13.2 Å². The Morgan fingerprint density at radius 3 is 2.51 bits per heavy atom. The van der Waals surface area contributed by atoms with E-state index in [0.717, 1.165) is 5.39 Å². The number of hydrogen-bond acceptors (Lipinski definition) is 6. The Balaban J connectivity index is 0.00000171. The highest BCUT2D eigenvalue weighted by molar-refractivity contribution is 5.86. The molecule has 2 atom stereocenters. The maximum atomic E-state index is 14.2. The lowest BCUT2D eigenvalue weighted by Gasteiger charge is -2.31. The third kappa shape index (κ3) is 5.02. The highest BCUT2D eigenvalue weighted by Crippen LogP contribution is 2.41. The first-order valence-corrected chi connectivity index (χ1v) is 10.5. The van der Waals surface area contributed by atoms with Crippen LogP contribution < -0.4 is 10.5 Å². The standard InChI is InChI=1S/C23H23F3N6O.2ClH/c1-22(27)10-11-31(13-22)20(23(24,25)26)15-7-9-18-29-30-21(32(18)12-15)16-8-6-14-4-3-5-17(33-2)19(14)28-16;;/h3-9,12,20H,10-11,13,27H2,1-2H3;2*1H/t20-,22-;;/m0../s1. The van der Waals surface area contributed by atoms with Crippen LogP contribution in [0, 0.1) is 0 Å². The minimum absolute atomic E-state index is 0. The number of methoxy groups -OCH3 is 1. The molecule has 1 aliphatic rings. The fourth-order valence-corrected chi connectivity index (χ4v) is 4.50. The van der Waals surface area contributed by atoms with E-state index in [1.54, 1.807) is 36.6 Å². The summed E-state index contributed by atoms with van der Waals surface area (Å²) in [5.74, 6) is 0.950. The summed E-state index contributed by atoms with van der Waals surface area (Å²) in [6.07, 6.45) is -2.51. The third-order valence-electron chi connectivity index (χ3n) is 6.08. The molecule has 1 aliphatic heterocycles. The molecular weight excluding hydrogens is 504 g/mol. The SMILES string of the molecule is COc1cccc2ccc(-c3nnc4ccc([C@H](N5CC[C@](C)(N)C5)C(F)(F)F)cn34)nc12.Cl.Cl. The Morgan fingerprint density at radius 1 is 1.09 bits per heavy atom. The zero-order valence-corrected chi connectivity index (χ0v) is 20.6. The van der Waals surface area contributed by atoms with E-state index in [1.807, 2.05) is 18.2 Å². The minimum Gasteiger partial charge on any atom is -0.494 e. The zero-order chi connectivity index (χ0) is 23.4. The van der Waals surface area contributed by atoms with Gasteiger partial charge in [-0.05, 0) is 37.1 Å². The number of pyridine rings is 2. The van der Waals surface area contributed by atoms with E-state index < -0.39 is 17.8 Å². The van der Waals surface area contributed by atoms with Gasteiger partial charge in [0, 0.05) is 30.2 Å². The van der Waals surface area contributed by atoms with Gasteiger partial charge in [0.15, 0.2) is 11.5 Å². The number of benzene rings is 1. The Labute approximate surface area is 212 Å². The van der Waals surface area contributed by atoms with Crippen molar-refractivity contribution in [1.82, 2.24) is 24.5 Å². The van der Waals surface area contributed by atoms with Crippen LogP contribution in [0.1, 0.15) is 24.9 Å². The predicted octanol–water partition coefficient (Wildman–Crippen LogP) is 4.82. The lowest BCUT2D eigenvalue weighted by Crippen LogP contribution is -2.43. The summed E-state index contributed by atoms with van der Waals surface area (Å²) >= 11 is 0. The Morgan fingerprint density at radius 2 is 1.86 bits per heavy atom. The van der Waals surface area contributed by atoms with E-state index in [9.17, 15) is 13.2 Å². The van der Waals surface area contributed by atoms with Gasteiger partial charge < -0.3 is 10.5 Å². The smallest absolute Gasteiger partial charge is 0.408 e.